The van der Waals surface area contributed by atoms with Gasteiger partial charge in [0.25, 0.3) is 6.29 Å². The molecule has 0 saturated carbocycles. The van der Waals surface area contributed by atoms with Gasteiger partial charge in [0.05, 0.1) is 31.1 Å². The topological polar surface area (TPSA) is 116 Å². The molecule has 10 heteroatoms. The molecule has 1 unspecified atom stereocenters. The van der Waals surface area contributed by atoms with Gasteiger partial charge in [0, 0.05) is 6.42 Å². The molecule has 0 aromatic carbocycles. The first-order valence-corrected chi connectivity index (χ1v) is 7.11. The van der Waals surface area contributed by atoms with Crippen molar-refractivity contribution in [1.82, 2.24) is 0 Å². The van der Waals surface area contributed by atoms with Crippen molar-refractivity contribution in [1.29, 1.82) is 0 Å². The molecule has 0 aromatic rings. The van der Waals surface area contributed by atoms with Crippen LogP contribution in [-0.4, -0.2) is 59.8 Å². The molecule has 0 heterocycles. The van der Waals surface area contributed by atoms with Gasteiger partial charge in [-0.3, -0.25) is 19.2 Å². The second kappa shape index (κ2) is 11.5. The van der Waals surface area contributed by atoms with E-state index >= 15 is 0 Å². The number of carbonyl (C=O) groups excluding carboxylic acids is 4. The molecular formula is C11H16O8S2. The molecule has 1 N–H and O–H groups in total. The van der Waals surface area contributed by atoms with Crippen LogP contribution in [0.2, 0.25) is 0 Å². The van der Waals surface area contributed by atoms with Gasteiger partial charge in [-0.25, -0.2) is 0 Å². The van der Waals surface area contributed by atoms with Gasteiger partial charge < -0.3 is 19.3 Å². The number of hydrogen-bond acceptors (Lipinski definition) is 10. The summed E-state index contributed by atoms with van der Waals surface area (Å²) in [6.45, 7) is -0.598. The molecule has 0 aliphatic rings. The number of ether oxygens (including phenoxy) is 3. The Morgan fingerprint density at radius 2 is 1.57 bits per heavy atom. The van der Waals surface area contributed by atoms with Crippen LogP contribution in [0.15, 0.2) is 0 Å². The van der Waals surface area contributed by atoms with Crippen molar-refractivity contribution in [3.63, 3.8) is 0 Å². The lowest BCUT2D eigenvalue weighted by molar-refractivity contribution is -0.184. The van der Waals surface area contributed by atoms with Crippen molar-refractivity contribution in [2.24, 2.45) is 0 Å². The van der Waals surface area contributed by atoms with Gasteiger partial charge in [0.1, 0.15) is 0 Å². The van der Waals surface area contributed by atoms with E-state index in [-0.39, 0.29) is 37.6 Å². The van der Waals surface area contributed by atoms with E-state index in [1.807, 2.05) is 0 Å². The second-order valence-electron chi connectivity index (χ2n) is 3.54. The molecule has 0 spiro atoms. The van der Waals surface area contributed by atoms with Crippen molar-refractivity contribution < 1.29 is 38.5 Å². The summed E-state index contributed by atoms with van der Waals surface area (Å²) >= 11 is 7.29. The summed E-state index contributed by atoms with van der Waals surface area (Å²) in [6, 6.07) is 0. The summed E-state index contributed by atoms with van der Waals surface area (Å²) in [4.78, 5) is 44.8. The molecule has 0 aliphatic carbocycles. The number of hydrogen-bond donors (Lipinski definition) is 3. The van der Waals surface area contributed by atoms with E-state index in [2.05, 4.69) is 34.7 Å². The van der Waals surface area contributed by atoms with Crippen molar-refractivity contribution in [2.45, 2.75) is 19.1 Å². The minimum atomic E-state index is -1.54. The normalized spacial score (nSPS) is 11.6. The molecule has 0 bridgehead atoms. The van der Waals surface area contributed by atoms with Crippen molar-refractivity contribution in [2.75, 3.05) is 24.7 Å². The average Bonchev–Trinajstić information content (AvgIpc) is 2.48. The molecule has 1 atom stereocenters. The number of ketones is 1. The predicted molar refractivity (Wildman–Crippen MR) is 76.0 cm³/mol. The van der Waals surface area contributed by atoms with Crippen molar-refractivity contribution in [3.05, 3.63) is 0 Å². The van der Waals surface area contributed by atoms with Gasteiger partial charge in [-0.05, 0) is 0 Å². The Balaban J connectivity index is 4.35. The predicted octanol–water partition coefficient (Wildman–Crippen LogP) is -0.857. The molecule has 8 nitrogen and oxygen atoms in total. The van der Waals surface area contributed by atoms with Crippen LogP contribution in [0, 0.1) is 0 Å². The van der Waals surface area contributed by atoms with Crippen LogP contribution in [-0.2, 0) is 33.4 Å². The van der Waals surface area contributed by atoms with Crippen LogP contribution in [0.4, 0.5) is 0 Å². The van der Waals surface area contributed by atoms with Gasteiger partial charge in [0.2, 0.25) is 5.78 Å². The third-order valence-electron chi connectivity index (χ3n) is 1.92. The first kappa shape index (κ1) is 19.9. The molecule has 120 valence electrons. The smallest absolute Gasteiger partial charge is 0.323 e. The highest BCUT2D eigenvalue weighted by Gasteiger charge is 2.24. The second-order valence-corrected chi connectivity index (χ2v) is 4.18. The molecule has 0 radical (unpaired) electrons. The zero-order valence-electron chi connectivity index (χ0n) is 11.0. The lowest BCUT2D eigenvalue weighted by atomic mass is 10.2. The Labute approximate surface area is 131 Å². The van der Waals surface area contributed by atoms with Crippen LogP contribution in [0.25, 0.3) is 0 Å². The number of thiol groups is 2. The van der Waals surface area contributed by atoms with Crippen molar-refractivity contribution in [3.8, 4) is 0 Å². The van der Waals surface area contributed by atoms with E-state index < -0.39 is 30.0 Å². The van der Waals surface area contributed by atoms with E-state index in [0.717, 1.165) is 0 Å². The first-order valence-electron chi connectivity index (χ1n) is 5.84. The monoisotopic (exact) mass is 340 g/mol. The van der Waals surface area contributed by atoms with E-state index in [9.17, 15) is 19.2 Å². The Bertz CT molecular complexity index is 384. The summed E-state index contributed by atoms with van der Waals surface area (Å²) in [6.07, 6.45) is -2.27. The highest BCUT2D eigenvalue weighted by atomic mass is 32.1. The highest BCUT2D eigenvalue weighted by Crippen LogP contribution is 2.05. The summed E-state index contributed by atoms with van der Waals surface area (Å²) in [7, 11) is 0. The Kier molecular flexibility index (Phi) is 10.9. The van der Waals surface area contributed by atoms with Gasteiger partial charge >= 0.3 is 17.9 Å². The number of carbonyl (C=O) groups is 4. The lowest BCUT2D eigenvalue weighted by Crippen LogP contribution is -2.32. The SMILES string of the molecule is O=C(CS)OC(=O)CCC(=O)C(OCCO)OC(=O)CS. The van der Waals surface area contributed by atoms with E-state index in [0.29, 0.717) is 0 Å². The maximum absolute atomic E-state index is 11.7. The molecule has 0 amide bonds. The molecular weight excluding hydrogens is 324 g/mol. The molecule has 0 saturated heterocycles. The minimum absolute atomic E-state index is 0.223. The molecule has 0 fully saturated rings. The zero-order chi connectivity index (χ0) is 16.3. The number of esters is 3. The van der Waals surface area contributed by atoms with Crippen LogP contribution < -0.4 is 0 Å². The third kappa shape index (κ3) is 9.45. The van der Waals surface area contributed by atoms with Crippen LogP contribution >= 0.6 is 25.3 Å². The Hall–Kier alpha value is -1.10. The van der Waals surface area contributed by atoms with E-state index in [1.54, 1.807) is 0 Å². The maximum atomic E-state index is 11.7. The van der Waals surface area contributed by atoms with Crippen LogP contribution in [0.5, 0.6) is 0 Å². The Morgan fingerprint density at radius 3 is 2.10 bits per heavy atom. The van der Waals surface area contributed by atoms with Crippen LogP contribution in [0.3, 0.4) is 0 Å². The molecule has 0 aliphatic heterocycles. The summed E-state index contributed by atoms with van der Waals surface area (Å²) in [5, 5.41) is 8.62. The number of Topliss-reactive ketones (excluding diaryl/α,β-unsaturated/α-hetero) is 1. The van der Waals surface area contributed by atoms with Gasteiger partial charge in [-0.15, -0.1) is 0 Å². The standard InChI is InChI=1S/C11H16O8S2/c12-3-4-17-11(19-10(16)6-21)7(13)1-2-8(14)18-9(15)5-20/h11-12,20-21H,1-6H2. The quantitative estimate of drug-likeness (QED) is 0.204. The average molecular weight is 340 g/mol. The fourth-order valence-corrected chi connectivity index (χ4v) is 1.20. The Morgan fingerprint density at radius 1 is 0.952 bits per heavy atom. The fraction of sp³-hybridized carbons (Fsp3) is 0.636. The highest BCUT2D eigenvalue weighted by molar-refractivity contribution is 7.81. The minimum Gasteiger partial charge on any atom is -0.427 e. The molecule has 0 aromatic heterocycles. The number of aliphatic hydroxyl groups is 1. The summed E-state index contributed by atoms with van der Waals surface area (Å²) in [5.41, 5.74) is 0. The zero-order valence-corrected chi connectivity index (χ0v) is 12.8. The van der Waals surface area contributed by atoms with E-state index in [4.69, 9.17) is 9.84 Å². The summed E-state index contributed by atoms with van der Waals surface area (Å²) in [5.74, 6) is -3.74. The number of rotatable bonds is 10. The van der Waals surface area contributed by atoms with E-state index in [1.165, 1.54) is 0 Å². The molecule has 0 rings (SSSR count). The van der Waals surface area contributed by atoms with Gasteiger partial charge in [0.15, 0.2) is 0 Å². The summed E-state index contributed by atoms with van der Waals surface area (Å²) < 4.78 is 13.8. The molecule has 21 heavy (non-hydrogen) atoms. The fourth-order valence-electron chi connectivity index (χ4n) is 1.06. The van der Waals surface area contributed by atoms with Crippen molar-refractivity contribution >= 4 is 48.9 Å². The largest absolute Gasteiger partial charge is 0.427 e. The van der Waals surface area contributed by atoms with Gasteiger partial charge in [-0.2, -0.15) is 25.3 Å². The first-order chi connectivity index (χ1) is 9.94. The lowest BCUT2D eigenvalue weighted by Gasteiger charge is -2.16. The third-order valence-corrected chi connectivity index (χ3v) is 2.44. The van der Waals surface area contributed by atoms with Crippen LogP contribution in [0.1, 0.15) is 12.8 Å². The number of aliphatic hydroxyl groups excluding tert-OH is 1. The van der Waals surface area contributed by atoms with Gasteiger partial charge in [-0.1, -0.05) is 0 Å². The maximum Gasteiger partial charge on any atom is 0.323 e.